The van der Waals surface area contributed by atoms with E-state index in [1.165, 1.54) is 5.56 Å². The van der Waals surface area contributed by atoms with Gasteiger partial charge in [0.2, 0.25) is 5.91 Å². The SMILES string of the molecule is Cc1cccc(C2(C(=O)NCc3cccc(C(=O)N(C)C)c3)CC2)c1. The molecule has 130 valence electrons. The second-order valence-corrected chi connectivity index (χ2v) is 7.03. The molecule has 1 aliphatic carbocycles. The van der Waals surface area contributed by atoms with E-state index in [9.17, 15) is 9.59 Å². The maximum Gasteiger partial charge on any atom is 0.253 e. The molecular formula is C21H24N2O2. The lowest BCUT2D eigenvalue weighted by molar-refractivity contribution is -0.123. The topological polar surface area (TPSA) is 49.4 Å². The van der Waals surface area contributed by atoms with Crippen LogP contribution in [0.5, 0.6) is 0 Å². The van der Waals surface area contributed by atoms with Crippen LogP contribution < -0.4 is 5.32 Å². The van der Waals surface area contributed by atoms with Crippen molar-refractivity contribution in [3.05, 3.63) is 70.8 Å². The molecule has 1 saturated carbocycles. The van der Waals surface area contributed by atoms with Gasteiger partial charge in [0.05, 0.1) is 5.41 Å². The Morgan fingerprint density at radius 1 is 1.08 bits per heavy atom. The fraction of sp³-hybridized carbons (Fsp3) is 0.333. The fourth-order valence-electron chi connectivity index (χ4n) is 3.14. The largest absolute Gasteiger partial charge is 0.351 e. The Balaban J connectivity index is 1.69. The molecule has 3 rings (SSSR count). The number of nitrogens with zero attached hydrogens (tertiary/aromatic N) is 1. The van der Waals surface area contributed by atoms with Crippen LogP contribution in [0, 0.1) is 6.92 Å². The average molecular weight is 336 g/mol. The minimum absolute atomic E-state index is 0.0356. The summed E-state index contributed by atoms with van der Waals surface area (Å²) in [5.74, 6) is 0.0361. The van der Waals surface area contributed by atoms with Crippen molar-refractivity contribution in [1.82, 2.24) is 10.2 Å². The summed E-state index contributed by atoms with van der Waals surface area (Å²) >= 11 is 0. The zero-order chi connectivity index (χ0) is 18.0. The first-order chi connectivity index (χ1) is 11.9. The first-order valence-corrected chi connectivity index (χ1v) is 8.58. The third-order valence-corrected chi connectivity index (χ3v) is 4.79. The van der Waals surface area contributed by atoms with Gasteiger partial charge in [-0.15, -0.1) is 0 Å². The summed E-state index contributed by atoms with van der Waals surface area (Å²) in [5.41, 5.74) is 3.47. The highest BCUT2D eigenvalue weighted by Gasteiger charge is 2.51. The number of benzene rings is 2. The minimum atomic E-state index is -0.372. The molecule has 1 aliphatic rings. The van der Waals surface area contributed by atoms with Crippen molar-refractivity contribution in [1.29, 1.82) is 0 Å². The summed E-state index contributed by atoms with van der Waals surface area (Å²) in [7, 11) is 3.46. The first-order valence-electron chi connectivity index (χ1n) is 8.58. The van der Waals surface area contributed by atoms with Crippen LogP contribution in [0.2, 0.25) is 0 Å². The summed E-state index contributed by atoms with van der Waals surface area (Å²) in [4.78, 5) is 26.4. The van der Waals surface area contributed by atoms with Gasteiger partial charge in [-0.05, 0) is 43.0 Å². The van der Waals surface area contributed by atoms with Gasteiger partial charge in [-0.2, -0.15) is 0 Å². The van der Waals surface area contributed by atoms with Crippen LogP contribution in [0.4, 0.5) is 0 Å². The normalized spacial score (nSPS) is 14.7. The Labute approximate surface area is 148 Å². The van der Waals surface area contributed by atoms with Crippen molar-refractivity contribution in [2.24, 2.45) is 0 Å². The van der Waals surface area contributed by atoms with E-state index < -0.39 is 0 Å². The van der Waals surface area contributed by atoms with Gasteiger partial charge >= 0.3 is 0 Å². The van der Waals surface area contributed by atoms with Crippen molar-refractivity contribution in [3.63, 3.8) is 0 Å². The number of amides is 2. The molecule has 1 N–H and O–H groups in total. The van der Waals surface area contributed by atoms with E-state index in [-0.39, 0.29) is 17.2 Å². The third-order valence-electron chi connectivity index (χ3n) is 4.79. The van der Waals surface area contributed by atoms with Gasteiger partial charge in [-0.1, -0.05) is 42.0 Å². The summed E-state index contributed by atoms with van der Waals surface area (Å²) in [6, 6.07) is 15.6. The highest BCUT2D eigenvalue weighted by atomic mass is 16.2. The summed E-state index contributed by atoms with van der Waals surface area (Å²) < 4.78 is 0. The Morgan fingerprint density at radius 3 is 2.44 bits per heavy atom. The van der Waals surface area contributed by atoms with Crippen LogP contribution >= 0.6 is 0 Å². The van der Waals surface area contributed by atoms with E-state index >= 15 is 0 Å². The molecule has 4 nitrogen and oxygen atoms in total. The maximum absolute atomic E-state index is 12.8. The number of carbonyl (C=O) groups excluding carboxylic acids is 2. The van der Waals surface area contributed by atoms with Crippen molar-refractivity contribution in [2.75, 3.05) is 14.1 Å². The quantitative estimate of drug-likeness (QED) is 0.912. The van der Waals surface area contributed by atoms with Crippen LogP contribution in [0.3, 0.4) is 0 Å². The van der Waals surface area contributed by atoms with Gasteiger partial charge in [-0.25, -0.2) is 0 Å². The summed E-state index contributed by atoms with van der Waals surface area (Å²) in [6.07, 6.45) is 1.78. The van der Waals surface area contributed by atoms with E-state index in [4.69, 9.17) is 0 Å². The standard InChI is InChI=1S/C21H24N2O2/c1-15-6-4-9-18(12-15)21(10-11-21)20(25)22-14-16-7-5-8-17(13-16)19(24)23(2)3/h4-9,12-13H,10-11,14H2,1-3H3,(H,22,25). The van der Waals surface area contributed by atoms with Gasteiger partial charge in [0, 0.05) is 26.2 Å². The van der Waals surface area contributed by atoms with E-state index in [2.05, 4.69) is 11.4 Å². The number of hydrogen-bond donors (Lipinski definition) is 1. The molecule has 2 aromatic carbocycles. The number of hydrogen-bond acceptors (Lipinski definition) is 2. The van der Waals surface area contributed by atoms with Crippen molar-refractivity contribution in [3.8, 4) is 0 Å². The maximum atomic E-state index is 12.8. The van der Waals surface area contributed by atoms with Crippen LogP contribution in [0.1, 0.15) is 39.9 Å². The van der Waals surface area contributed by atoms with Crippen LogP contribution in [-0.2, 0) is 16.8 Å². The van der Waals surface area contributed by atoms with Crippen molar-refractivity contribution >= 4 is 11.8 Å². The van der Waals surface area contributed by atoms with E-state index in [0.717, 1.165) is 24.0 Å². The number of aryl methyl sites for hydroxylation is 1. The molecule has 0 radical (unpaired) electrons. The molecule has 4 heteroatoms. The zero-order valence-electron chi connectivity index (χ0n) is 15.0. The van der Waals surface area contributed by atoms with Gasteiger partial charge in [0.15, 0.2) is 0 Å². The molecule has 25 heavy (non-hydrogen) atoms. The van der Waals surface area contributed by atoms with Gasteiger partial charge in [-0.3, -0.25) is 9.59 Å². The third kappa shape index (κ3) is 3.58. The Morgan fingerprint density at radius 2 is 1.80 bits per heavy atom. The molecular weight excluding hydrogens is 312 g/mol. The lowest BCUT2D eigenvalue weighted by atomic mass is 9.93. The molecule has 1 fully saturated rings. The fourth-order valence-corrected chi connectivity index (χ4v) is 3.14. The average Bonchev–Trinajstić information content (AvgIpc) is 3.41. The molecule has 0 unspecified atom stereocenters. The molecule has 0 spiro atoms. The predicted molar refractivity (Wildman–Crippen MR) is 98.4 cm³/mol. The van der Waals surface area contributed by atoms with Crippen LogP contribution in [0.25, 0.3) is 0 Å². The lowest BCUT2D eigenvalue weighted by Crippen LogP contribution is -2.34. The highest BCUT2D eigenvalue weighted by Crippen LogP contribution is 2.48. The highest BCUT2D eigenvalue weighted by molar-refractivity contribution is 5.94. The second kappa shape index (κ2) is 6.71. The Kier molecular flexibility index (Phi) is 4.62. The van der Waals surface area contributed by atoms with Gasteiger partial charge < -0.3 is 10.2 Å². The Bertz CT molecular complexity index is 807. The first kappa shape index (κ1) is 17.2. The zero-order valence-corrected chi connectivity index (χ0v) is 15.0. The van der Waals surface area contributed by atoms with Gasteiger partial charge in [0.25, 0.3) is 5.91 Å². The molecule has 0 aromatic heterocycles. The number of rotatable bonds is 5. The summed E-state index contributed by atoms with van der Waals surface area (Å²) in [5, 5.41) is 3.05. The van der Waals surface area contributed by atoms with Crippen molar-refractivity contribution < 1.29 is 9.59 Å². The lowest BCUT2D eigenvalue weighted by Gasteiger charge is -2.17. The minimum Gasteiger partial charge on any atom is -0.351 e. The smallest absolute Gasteiger partial charge is 0.253 e. The van der Waals surface area contributed by atoms with Gasteiger partial charge in [0.1, 0.15) is 0 Å². The van der Waals surface area contributed by atoms with E-state index in [1.54, 1.807) is 25.1 Å². The monoisotopic (exact) mass is 336 g/mol. The predicted octanol–water partition coefficient (Wildman–Crippen LogP) is 3.04. The molecule has 0 atom stereocenters. The van der Waals surface area contributed by atoms with E-state index in [0.29, 0.717) is 12.1 Å². The van der Waals surface area contributed by atoms with Crippen molar-refractivity contribution in [2.45, 2.75) is 31.7 Å². The van der Waals surface area contributed by atoms with Crippen LogP contribution in [-0.4, -0.2) is 30.8 Å². The van der Waals surface area contributed by atoms with Crippen LogP contribution in [0.15, 0.2) is 48.5 Å². The number of nitrogens with one attached hydrogen (secondary N) is 1. The molecule has 0 aliphatic heterocycles. The number of carbonyl (C=O) groups is 2. The molecule has 2 aromatic rings. The molecule has 0 bridgehead atoms. The summed E-state index contributed by atoms with van der Waals surface area (Å²) in [6.45, 7) is 2.48. The molecule has 2 amide bonds. The molecule has 0 saturated heterocycles. The second-order valence-electron chi connectivity index (χ2n) is 7.03. The molecule has 0 heterocycles. The van der Waals surface area contributed by atoms with E-state index in [1.807, 2.05) is 43.3 Å². The Hall–Kier alpha value is -2.62.